The van der Waals surface area contributed by atoms with Crippen molar-refractivity contribution in [3.63, 3.8) is 0 Å². The van der Waals surface area contributed by atoms with Crippen molar-refractivity contribution in [2.75, 3.05) is 26.0 Å². The number of likely N-dealkylation sites (N-methyl/N-ethyl adjacent to an activating group) is 1. The topological polar surface area (TPSA) is 63.3 Å². The van der Waals surface area contributed by atoms with Crippen LogP contribution in [-0.2, 0) is 11.3 Å². The Morgan fingerprint density at radius 2 is 2.29 bits per heavy atom. The number of amides is 1. The van der Waals surface area contributed by atoms with Crippen LogP contribution in [0.25, 0.3) is 6.08 Å². The van der Waals surface area contributed by atoms with Gasteiger partial charge in [0.2, 0.25) is 5.91 Å². The molecule has 2 rings (SSSR count). The van der Waals surface area contributed by atoms with E-state index < -0.39 is 0 Å². The van der Waals surface area contributed by atoms with E-state index in [0.29, 0.717) is 11.4 Å². The highest BCUT2D eigenvalue weighted by Crippen LogP contribution is 2.09. The van der Waals surface area contributed by atoms with Crippen molar-refractivity contribution in [3.8, 4) is 0 Å². The predicted molar refractivity (Wildman–Crippen MR) is 81.9 cm³/mol. The lowest BCUT2D eigenvalue weighted by Gasteiger charge is -2.08. The fraction of sp³-hybridized carbons (Fsp3) is 0.333. The number of anilines is 1. The number of aryl methyl sites for hydroxylation is 1. The molecule has 0 aliphatic carbocycles. The molecule has 6 nitrogen and oxygen atoms in total. The number of carbonyl (C=O) groups is 1. The highest BCUT2D eigenvalue weighted by molar-refractivity contribution is 6.01. The van der Waals surface area contributed by atoms with Crippen LogP contribution in [-0.4, -0.2) is 41.2 Å². The largest absolute Gasteiger partial charge is 0.462 e. The number of rotatable bonds is 6. The minimum absolute atomic E-state index is 0.212. The maximum absolute atomic E-state index is 11.8. The highest BCUT2D eigenvalue weighted by atomic mass is 16.3. The minimum atomic E-state index is -0.212. The summed E-state index contributed by atoms with van der Waals surface area (Å²) in [6.07, 6.45) is 6.53. The van der Waals surface area contributed by atoms with E-state index in [1.165, 1.54) is 6.08 Å². The lowest BCUT2D eigenvalue weighted by molar-refractivity contribution is -0.111. The van der Waals surface area contributed by atoms with E-state index in [-0.39, 0.29) is 5.91 Å². The molecule has 21 heavy (non-hydrogen) atoms. The quantitative estimate of drug-likeness (QED) is 0.826. The van der Waals surface area contributed by atoms with Crippen LogP contribution in [0, 0.1) is 6.92 Å². The van der Waals surface area contributed by atoms with Gasteiger partial charge in [-0.05, 0) is 39.2 Å². The molecule has 112 valence electrons. The van der Waals surface area contributed by atoms with Crippen molar-refractivity contribution in [3.05, 3.63) is 42.1 Å². The second-order valence-corrected chi connectivity index (χ2v) is 5.07. The van der Waals surface area contributed by atoms with Gasteiger partial charge in [0.05, 0.1) is 18.4 Å². The summed E-state index contributed by atoms with van der Waals surface area (Å²) in [4.78, 5) is 13.9. The van der Waals surface area contributed by atoms with Crippen molar-refractivity contribution >= 4 is 17.7 Å². The monoisotopic (exact) mass is 288 g/mol. The molecule has 2 heterocycles. The Bertz CT molecular complexity index is 625. The van der Waals surface area contributed by atoms with Gasteiger partial charge in [-0.25, -0.2) is 0 Å². The molecule has 2 aromatic heterocycles. The summed E-state index contributed by atoms with van der Waals surface area (Å²) in [5.74, 6) is 1.26. The third-order valence-electron chi connectivity index (χ3n) is 2.84. The Hall–Kier alpha value is -2.34. The van der Waals surface area contributed by atoms with E-state index in [2.05, 4.69) is 15.3 Å². The van der Waals surface area contributed by atoms with Gasteiger partial charge in [-0.3, -0.25) is 9.48 Å². The first kappa shape index (κ1) is 15.1. The average molecular weight is 288 g/mol. The number of hydrogen-bond acceptors (Lipinski definition) is 4. The molecule has 0 spiro atoms. The van der Waals surface area contributed by atoms with Gasteiger partial charge in [-0.15, -0.1) is 0 Å². The fourth-order valence-corrected chi connectivity index (χ4v) is 1.74. The van der Waals surface area contributed by atoms with Gasteiger partial charge in [0.25, 0.3) is 0 Å². The van der Waals surface area contributed by atoms with Crippen LogP contribution in [0.15, 0.2) is 35.0 Å². The normalized spacial score (nSPS) is 11.4. The summed E-state index contributed by atoms with van der Waals surface area (Å²) in [5.41, 5.74) is 0.680. The SMILES string of the molecule is Cc1ccc(/C=C/C(=O)Nc2cnn(CCN(C)C)c2)o1. The van der Waals surface area contributed by atoms with Crippen LogP contribution in [0.5, 0.6) is 0 Å². The number of furan rings is 1. The van der Waals surface area contributed by atoms with Crippen molar-refractivity contribution < 1.29 is 9.21 Å². The zero-order valence-corrected chi connectivity index (χ0v) is 12.5. The second-order valence-electron chi connectivity index (χ2n) is 5.07. The van der Waals surface area contributed by atoms with Gasteiger partial charge in [0.1, 0.15) is 11.5 Å². The summed E-state index contributed by atoms with van der Waals surface area (Å²) in [6, 6.07) is 3.67. The number of carbonyl (C=O) groups excluding carboxylic acids is 1. The van der Waals surface area contributed by atoms with E-state index in [4.69, 9.17) is 4.42 Å². The number of aromatic nitrogens is 2. The zero-order valence-electron chi connectivity index (χ0n) is 12.5. The minimum Gasteiger partial charge on any atom is -0.462 e. The molecule has 0 atom stereocenters. The molecule has 0 unspecified atom stereocenters. The highest BCUT2D eigenvalue weighted by Gasteiger charge is 2.02. The van der Waals surface area contributed by atoms with Crippen LogP contribution in [0.3, 0.4) is 0 Å². The summed E-state index contributed by atoms with van der Waals surface area (Å²) in [5, 5.41) is 6.96. The van der Waals surface area contributed by atoms with Crippen molar-refractivity contribution in [2.45, 2.75) is 13.5 Å². The molecule has 0 aliphatic heterocycles. The first-order chi connectivity index (χ1) is 10.0. The lowest BCUT2D eigenvalue weighted by atomic mass is 10.3. The van der Waals surface area contributed by atoms with Gasteiger partial charge >= 0.3 is 0 Å². The first-order valence-corrected chi connectivity index (χ1v) is 6.75. The Morgan fingerprint density at radius 1 is 1.48 bits per heavy atom. The van der Waals surface area contributed by atoms with E-state index >= 15 is 0 Å². The van der Waals surface area contributed by atoms with Crippen LogP contribution in [0.1, 0.15) is 11.5 Å². The first-order valence-electron chi connectivity index (χ1n) is 6.75. The predicted octanol–water partition coefficient (Wildman–Crippen LogP) is 2.00. The Kier molecular flexibility index (Phi) is 4.94. The standard InChI is InChI=1S/C15H20N4O2/c1-12-4-5-14(21-12)6-7-15(20)17-13-10-16-19(11-13)9-8-18(2)3/h4-7,10-11H,8-9H2,1-3H3,(H,17,20)/b7-6+. The van der Waals surface area contributed by atoms with Crippen molar-refractivity contribution in [1.82, 2.24) is 14.7 Å². The van der Waals surface area contributed by atoms with Crippen molar-refractivity contribution in [2.24, 2.45) is 0 Å². The zero-order chi connectivity index (χ0) is 15.2. The molecule has 0 radical (unpaired) electrons. The molecule has 0 saturated carbocycles. The Labute approximate surface area is 124 Å². The molecule has 0 aromatic carbocycles. The summed E-state index contributed by atoms with van der Waals surface area (Å²) in [6.45, 7) is 3.54. The molecule has 0 aliphatic rings. The van der Waals surface area contributed by atoms with Gasteiger partial charge in [0, 0.05) is 18.8 Å². The maximum Gasteiger partial charge on any atom is 0.248 e. The van der Waals surface area contributed by atoms with Gasteiger partial charge in [-0.1, -0.05) is 0 Å². The summed E-state index contributed by atoms with van der Waals surface area (Å²) < 4.78 is 7.16. The fourth-order valence-electron chi connectivity index (χ4n) is 1.74. The Morgan fingerprint density at radius 3 is 2.95 bits per heavy atom. The molecule has 1 N–H and O–H groups in total. The number of hydrogen-bond donors (Lipinski definition) is 1. The molecular formula is C15H20N4O2. The molecule has 6 heteroatoms. The van der Waals surface area contributed by atoms with Crippen LogP contribution in [0.2, 0.25) is 0 Å². The van der Waals surface area contributed by atoms with Gasteiger partial charge < -0.3 is 14.6 Å². The number of nitrogens with zero attached hydrogens (tertiary/aromatic N) is 3. The molecule has 0 fully saturated rings. The lowest BCUT2D eigenvalue weighted by Crippen LogP contribution is -2.18. The molecule has 0 saturated heterocycles. The second kappa shape index (κ2) is 6.90. The Balaban J connectivity index is 1.86. The van der Waals surface area contributed by atoms with E-state index in [0.717, 1.165) is 18.8 Å². The maximum atomic E-state index is 11.8. The van der Waals surface area contributed by atoms with Gasteiger partial charge in [-0.2, -0.15) is 5.10 Å². The third kappa shape index (κ3) is 4.92. The molecule has 1 amide bonds. The van der Waals surface area contributed by atoms with E-state index in [1.54, 1.807) is 17.0 Å². The van der Waals surface area contributed by atoms with E-state index in [9.17, 15) is 4.79 Å². The summed E-state index contributed by atoms with van der Waals surface area (Å²) >= 11 is 0. The van der Waals surface area contributed by atoms with Crippen LogP contribution >= 0.6 is 0 Å². The van der Waals surface area contributed by atoms with Crippen LogP contribution < -0.4 is 5.32 Å². The molecular weight excluding hydrogens is 268 g/mol. The van der Waals surface area contributed by atoms with Crippen molar-refractivity contribution in [1.29, 1.82) is 0 Å². The molecule has 0 bridgehead atoms. The average Bonchev–Trinajstić information content (AvgIpc) is 3.03. The van der Waals surface area contributed by atoms with Gasteiger partial charge in [0.15, 0.2) is 0 Å². The smallest absolute Gasteiger partial charge is 0.248 e. The summed E-state index contributed by atoms with van der Waals surface area (Å²) in [7, 11) is 4.01. The van der Waals surface area contributed by atoms with Crippen LogP contribution in [0.4, 0.5) is 5.69 Å². The molecule has 2 aromatic rings. The third-order valence-corrected chi connectivity index (χ3v) is 2.84. The van der Waals surface area contributed by atoms with E-state index in [1.807, 2.05) is 39.3 Å². The number of nitrogens with one attached hydrogen (secondary N) is 1.